The minimum Gasteiger partial charge on any atom is -0.394 e. The molecular weight excluding hydrogens is 272 g/mol. The van der Waals surface area contributed by atoms with Crippen LogP contribution in [0.25, 0.3) is 0 Å². The Morgan fingerprint density at radius 3 is 2.45 bits per heavy atom. The van der Waals surface area contributed by atoms with E-state index in [1.54, 1.807) is 18.3 Å². The van der Waals surface area contributed by atoms with Gasteiger partial charge in [0.2, 0.25) is 12.2 Å². The van der Waals surface area contributed by atoms with Crippen LogP contribution >= 0.6 is 0 Å². The van der Waals surface area contributed by atoms with Crippen LogP contribution in [-0.4, -0.2) is 62.7 Å². The fraction of sp³-hybridized carbons (Fsp3) is 0.455. The van der Waals surface area contributed by atoms with E-state index in [9.17, 15) is 4.79 Å². The summed E-state index contributed by atoms with van der Waals surface area (Å²) in [6.07, 6.45) is -1.70. The number of carbonyl (C=O) groups is 1. The van der Waals surface area contributed by atoms with Crippen molar-refractivity contribution in [2.24, 2.45) is 5.73 Å². The van der Waals surface area contributed by atoms with Crippen molar-refractivity contribution in [2.45, 2.75) is 24.6 Å². The topological polar surface area (TPSA) is 155 Å². The van der Waals surface area contributed by atoms with E-state index >= 15 is 0 Å². The van der Waals surface area contributed by atoms with Gasteiger partial charge in [0.1, 0.15) is 18.3 Å². The summed E-state index contributed by atoms with van der Waals surface area (Å²) in [5, 5.41) is 34.6. The van der Waals surface area contributed by atoms with E-state index in [4.69, 9.17) is 26.3 Å². The average Bonchev–Trinajstić information content (AvgIpc) is 2.76. The summed E-state index contributed by atoms with van der Waals surface area (Å²) in [5.74, 6) is -0.442. The first-order valence-electron chi connectivity index (χ1n) is 5.63. The zero-order chi connectivity index (χ0) is 15.1. The predicted molar refractivity (Wildman–Crippen MR) is 64.2 cm³/mol. The Balaban J connectivity index is 0.000000204. The number of amides is 1. The van der Waals surface area contributed by atoms with Gasteiger partial charge < -0.3 is 25.8 Å². The Hall–Kier alpha value is -1.62. The molecule has 9 heteroatoms. The van der Waals surface area contributed by atoms with Gasteiger partial charge in [-0.05, 0) is 12.1 Å². The van der Waals surface area contributed by atoms with Crippen molar-refractivity contribution >= 4 is 5.91 Å². The summed E-state index contributed by atoms with van der Waals surface area (Å²) in [4.78, 5) is 17.8. The monoisotopic (exact) mass is 288 g/mol. The largest absolute Gasteiger partial charge is 0.394 e. The van der Waals surface area contributed by atoms with Crippen molar-refractivity contribution < 1.29 is 35.0 Å². The first-order valence-corrected chi connectivity index (χ1v) is 5.63. The minimum atomic E-state index is -1.32. The van der Waals surface area contributed by atoms with Crippen LogP contribution in [0.15, 0.2) is 24.5 Å². The van der Waals surface area contributed by atoms with E-state index in [-0.39, 0.29) is 0 Å². The van der Waals surface area contributed by atoms with Crippen molar-refractivity contribution in [1.82, 2.24) is 4.98 Å². The number of nitrogens with zero attached hydrogens (tertiary/aromatic N) is 1. The molecule has 1 saturated heterocycles. The molecule has 1 aromatic rings. The molecule has 0 saturated carbocycles. The van der Waals surface area contributed by atoms with Crippen LogP contribution in [0.5, 0.6) is 0 Å². The molecule has 1 aliphatic heterocycles. The number of hydrogen-bond acceptors (Lipinski definition) is 8. The Kier molecular flexibility index (Phi) is 6.45. The molecule has 0 aliphatic carbocycles. The van der Waals surface area contributed by atoms with Crippen molar-refractivity contribution in [3.8, 4) is 0 Å². The number of nitrogens with two attached hydrogens (primary N) is 1. The van der Waals surface area contributed by atoms with E-state index in [2.05, 4.69) is 14.6 Å². The number of carbonyl (C=O) groups excluding carboxylic acids is 1. The molecule has 0 spiro atoms. The third kappa shape index (κ3) is 4.20. The maximum absolute atomic E-state index is 10.4. The molecule has 0 bridgehead atoms. The van der Waals surface area contributed by atoms with Gasteiger partial charge in [-0.15, -0.1) is 0 Å². The molecule has 1 aromatic heterocycles. The summed E-state index contributed by atoms with van der Waals surface area (Å²) >= 11 is 0. The van der Waals surface area contributed by atoms with Crippen LogP contribution in [-0.2, 0) is 9.62 Å². The first kappa shape index (κ1) is 16.4. The van der Waals surface area contributed by atoms with Crippen LogP contribution in [0.2, 0.25) is 0 Å². The van der Waals surface area contributed by atoms with E-state index in [1.807, 2.05) is 0 Å². The lowest BCUT2D eigenvalue weighted by Crippen LogP contribution is -2.34. The van der Waals surface area contributed by atoms with Crippen LogP contribution in [0.1, 0.15) is 10.4 Å². The number of ether oxygens (including phenoxy) is 1. The Labute approximate surface area is 114 Å². The van der Waals surface area contributed by atoms with E-state index in [1.165, 1.54) is 6.20 Å². The van der Waals surface area contributed by atoms with Crippen LogP contribution < -0.4 is 5.73 Å². The van der Waals surface area contributed by atoms with Gasteiger partial charge in [-0.25, -0.2) is 10.1 Å². The van der Waals surface area contributed by atoms with Gasteiger partial charge in [0, 0.05) is 12.4 Å². The van der Waals surface area contributed by atoms with Crippen molar-refractivity contribution in [1.29, 1.82) is 0 Å². The second-order valence-corrected chi connectivity index (χ2v) is 3.92. The SMILES string of the molecule is NC(=O)c1cccnc1.OC[C@H]1OC(OO)[C@H](O)[C@@H]1O. The third-order valence-corrected chi connectivity index (χ3v) is 2.55. The van der Waals surface area contributed by atoms with E-state index in [0.717, 1.165) is 0 Å². The molecule has 1 unspecified atom stereocenters. The van der Waals surface area contributed by atoms with Gasteiger partial charge in [0.25, 0.3) is 0 Å². The molecular formula is C11H16N2O7. The highest BCUT2D eigenvalue weighted by Gasteiger charge is 2.43. The highest BCUT2D eigenvalue weighted by atomic mass is 17.1. The predicted octanol–water partition coefficient (Wildman–Crippen LogP) is -1.90. The molecule has 0 radical (unpaired) electrons. The Morgan fingerprint density at radius 1 is 1.45 bits per heavy atom. The van der Waals surface area contributed by atoms with Crippen molar-refractivity contribution in [3.63, 3.8) is 0 Å². The smallest absolute Gasteiger partial charge is 0.250 e. The second kappa shape index (κ2) is 7.85. The lowest BCUT2D eigenvalue weighted by atomic mass is 10.1. The molecule has 6 N–H and O–H groups in total. The summed E-state index contributed by atoms with van der Waals surface area (Å²) in [5.41, 5.74) is 5.38. The fourth-order valence-electron chi connectivity index (χ4n) is 1.46. The molecule has 20 heavy (non-hydrogen) atoms. The van der Waals surface area contributed by atoms with Gasteiger partial charge in [-0.3, -0.25) is 9.78 Å². The number of pyridine rings is 1. The molecule has 1 fully saturated rings. The van der Waals surface area contributed by atoms with E-state index in [0.29, 0.717) is 5.56 Å². The molecule has 112 valence electrons. The maximum atomic E-state index is 10.4. The fourth-order valence-corrected chi connectivity index (χ4v) is 1.46. The lowest BCUT2D eigenvalue weighted by Gasteiger charge is -2.09. The molecule has 4 atom stereocenters. The van der Waals surface area contributed by atoms with Crippen molar-refractivity contribution in [3.05, 3.63) is 30.1 Å². The Bertz CT molecular complexity index is 398. The van der Waals surface area contributed by atoms with E-state index < -0.39 is 37.1 Å². The van der Waals surface area contributed by atoms with Gasteiger partial charge in [-0.1, -0.05) is 0 Å². The average molecular weight is 288 g/mol. The minimum absolute atomic E-state index is 0.432. The summed E-state index contributed by atoms with van der Waals surface area (Å²) < 4.78 is 4.66. The standard InChI is InChI=1S/C6H6N2O.C5H10O6/c7-6(9)5-2-1-3-8-4-5;6-1-2-3(7)4(8)5(10-2)11-9/h1-4H,(H2,7,9);2-9H,1H2/t;2-,3-,4-,5?/m.1/s1. The van der Waals surface area contributed by atoms with Gasteiger partial charge in [0.05, 0.1) is 12.2 Å². The normalized spacial score (nSPS) is 28.6. The molecule has 2 heterocycles. The van der Waals surface area contributed by atoms with Crippen molar-refractivity contribution in [2.75, 3.05) is 6.61 Å². The number of hydrogen-bond donors (Lipinski definition) is 5. The quantitative estimate of drug-likeness (QED) is 0.319. The number of aliphatic hydroxyl groups excluding tert-OH is 3. The third-order valence-electron chi connectivity index (χ3n) is 2.55. The van der Waals surface area contributed by atoms with Crippen LogP contribution in [0.3, 0.4) is 0 Å². The zero-order valence-electron chi connectivity index (χ0n) is 10.4. The number of aromatic nitrogens is 1. The maximum Gasteiger partial charge on any atom is 0.250 e. The van der Waals surface area contributed by atoms with Gasteiger partial charge in [-0.2, -0.15) is 0 Å². The second-order valence-electron chi connectivity index (χ2n) is 3.92. The number of aliphatic hydroxyl groups is 3. The highest BCUT2D eigenvalue weighted by molar-refractivity contribution is 5.92. The van der Waals surface area contributed by atoms with Gasteiger partial charge >= 0.3 is 0 Å². The summed E-state index contributed by atoms with van der Waals surface area (Å²) in [6, 6.07) is 3.29. The molecule has 1 aliphatic rings. The summed E-state index contributed by atoms with van der Waals surface area (Å²) in [7, 11) is 0. The molecule has 0 aromatic carbocycles. The summed E-state index contributed by atoms with van der Waals surface area (Å²) in [6.45, 7) is -0.432. The van der Waals surface area contributed by atoms with Crippen LogP contribution in [0.4, 0.5) is 0 Å². The first-order chi connectivity index (χ1) is 9.51. The van der Waals surface area contributed by atoms with Gasteiger partial charge in [0.15, 0.2) is 0 Å². The number of rotatable bonds is 3. The Morgan fingerprint density at radius 2 is 2.15 bits per heavy atom. The molecule has 9 nitrogen and oxygen atoms in total. The molecule has 1 amide bonds. The number of primary amides is 1. The highest BCUT2D eigenvalue weighted by Crippen LogP contribution is 2.20. The lowest BCUT2D eigenvalue weighted by molar-refractivity contribution is -0.354. The van der Waals surface area contributed by atoms with Crippen LogP contribution in [0, 0.1) is 0 Å². The molecule has 2 rings (SSSR count). The zero-order valence-corrected chi connectivity index (χ0v) is 10.4.